The van der Waals surface area contributed by atoms with Gasteiger partial charge in [-0.15, -0.1) is 0 Å². The number of benzene rings is 4. The minimum atomic E-state index is -0.888. The minimum absolute atomic E-state index is 0.158. The molecule has 0 aromatic heterocycles. The van der Waals surface area contributed by atoms with Crippen LogP contribution in [0.4, 0.5) is 10.5 Å². The number of barbiturate groups is 1. The van der Waals surface area contributed by atoms with Crippen LogP contribution in [-0.4, -0.2) is 24.5 Å². The first kappa shape index (κ1) is 27.2. The van der Waals surface area contributed by atoms with Crippen molar-refractivity contribution in [1.29, 1.82) is 0 Å². The molecule has 1 heterocycles. The number of carbonyl (C=O) groups excluding carboxylic acids is 3. The first-order valence-corrected chi connectivity index (χ1v) is 13.3. The number of ether oxygens (including phenoxy) is 2. The van der Waals surface area contributed by atoms with Crippen LogP contribution in [0.2, 0.25) is 10.0 Å². The SMILES string of the molecule is CCOc1cc(/C=C2\C(=O)NC(=O)N(c3ccccc3Cl)C2=O)cc(Cl)c1OCc1c(C)ccc2ccccc12. The van der Waals surface area contributed by atoms with Gasteiger partial charge in [-0.1, -0.05) is 71.7 Å². The predicted molar refractivity (Wildman–Crippen MR) is 156 cm³/mol. The van der Waals surface area contributed by atoms with Crippen LogP contribution in [0, 0.1) is 6.92 Å². The molecule has 1 saturated heterocycles. The Morgan fingerprint density at radius 1 is 0.900 bits per heavy atom. The maximum Gasteiger partial charge on any atom is 0.335 e. The quantitative estimate of drug-likeness (QED) is 0.188. The third-order valence-electron chi connectivity index (χ3n) is 6.47. The molecule has 0 spiro atoms. The lowest BCUT2D eigenvalue weighted by molar-refractivity contribution is -0.122. The van der Waals surface area contributed by atoms with Crippen molar-refractivity contribution in [1.82, 2.24) is 5.32 Å². The second-order valence-corrected chi connectivity index (χ2v) is 9.86. The molecule has 0 bridgehead atoms. The number of aryl methyl sites for hydroxylation is 1. The Kier molecular flexibility index (Phi) is 7.78. The van der Waals surface area contributed by atoms with Gasteiger partial charge in [0, 0.05) is 5.56 Å². The number of halogens is 2. The van der Waals surface area contributed by atoms with E-state index in [9.17, 15) is 14.4 Å². The van der Waals surface area contributed by atoms with Crippen LogP contribution in [0.25, 0.3) is 16.8 Å². The monoisotopic (exact) mass is 574 g/mol. The summed E-state index contributed by atoms with van der Waals surface area (Å²) in [6.45, 7) is 4.43. The molecule has 1 aliphatic rings. The Balaban J connectivity index is 1.49. The first-order chi connectivity index (χ1) is 19.3. The minimum Gasteiger partial charge on any atom is -0.490 e. The lowest BCUT2D eigenvalue weighted by atomic mass is 10.0. The van der Waals surface area contributed by atoms with Crippen molar-refractivity contribution in [2.24, 2.45) is 0 Å². The Hall–Kier alpha value is -4.33. The highest BCUT2D eigenvalue weighted by Gasteiger charge is 2.37. The molecule has 1 fully saturated rings. The van der Waals surface area contributed by atoms with E-state index in [-0.39, 0.29) is 27.9 Å². The Labute approximate surface area is 240 Å². The molecule has 4 amide bonds. The smallest absolute Gasteiger partial charge is 0.335 e. The summed E-state index contributed by atoms with van der Waals surface area (Å²) in [5, 5.41) is 4.79. The molecule has 0 aliphatic carbocycles. The molecule has 5 rings (SSSR count). The molecular formula is C31H24Cl2N2O5. The topological polar surface area (TPSA) is 84.9 Å². The van der Waals surface area contributed by atoms with Crippen molar-refractivity contribution in [3.05, 3.63) is 105 Å². The Bertz CT molecular complexity index is 1700. The van der Waals surface area contributed by atoms with E-state index >= 15 is 0 Å². The van der Waals surface area contributed by atoms with Gasteiger partial charge in [-0.05, 0) is 66.1 Å². The molecular weight excluding hydrogens is 551 g/mol. The molecule has 0 radical (unpaired) electrons. The maximum absolute atomic E-state index is 13.3. The van der Waals surface area contributed by atoms with Crippen molar-refractivity contribution in [2.75, 3.05) is 11.5 Å². The van der Waals surface area contributed by atoms with E-state index in [1.807, 2.05) is 44.2 Å². The Morgan fingerprint density at radius 3 is 2.42 bits per heavy atom. The van der Waals surface area contributed by atoms with E-state index in [1.165, 1.54) is 12.1 Å². The summed E-state index contributed by atoms with van der Waals surface area (Å²) in [6, 6.07) is 20.8. The summed E-state index contributed by atoms with van der Waals surface area (Å²) in [4.78, 5) is 39.3. The lowest BCUT2D eigenvalue weighted by Crippen LogP contribution is -2.54. The summed E-state index contributed by atoms with van der Waals surface area (Å²) in [7, 11) is 0. The largest absolute Gasteiger partial charge is 0.490 e. The fraction of sp³-hybridized carbons (Fsp3) is 0.129. The predicted octanol–water partition coefficient (Wildman–Crippen LogP) is 7.10. The van der Waals surface area contributed by atoms with Gasteiger partial charge in [-0.25, -0.2) is 9.69 Å². The molecule has 1 aliphatic heterocycles. The van der Waals surface area contributed by atoms with E-state index in [4.69, 9.17) is 32.7 Å². The van der Waals surface area contributed by atoms with Crippen molar-refractivity contribution >= 4 is 63.6 Å². The number of imide groups is 2. The average Bonchev–Trinajstić information content (AvgIpc) is 2.92. The fourth-order valence-electron chi connectivity index (χ4n) is 4.53. The summed E-state index contributed by atoms with van der Waals surface area (Å²) in [5.41, 5.74) is 2.41. The van der Waals surface area contributed by atoms with Crippen molar-refractivity contribution in [3.8, 4) is 11.5 Å². The highest BCUT2D eigenvalue weighted by molar-refractivity contribution is 6.42. The van der Waals surface area contributed by atoms with Crippen molar-refractivity contribution in [2.45, 2.75) is 20.5 Å². The summed E-state index contributed by atoms with van der Waals surface area (Å²) < 4.78 is 12.0. The zero-order valence-electron chi connectivity index (χ0n) is 21.7. The van der Waals surface area contributed by atoms with Crippen LogP contribution in [0.15, 0.2) is 78.4 Å². The standard InChI is InChI=1S/C31H24Cl2N2O5/c1-3-39-27-16-19(14-22-29(36)34-31(38)35(30(22)37)26-11-7-6-10-24(26)32)15-25(33)28(27)40-17-23-18(2)12-13-20-8-4-5-9-21(20)23/h4-16H,3,17H2,1-2H3,(H,34,36,38)/b22-14+. The number of amides is 4. The van der Waals surface area contributed by atoms with Crippen LogP contribution in [0.3, 0.4) is 0 Å². The van der Waals surface area contributed by atoms with Gasteiger partial charge in [0.05, 0.1) is 22.3 Å². The summed E-state index contributed by atoms with van der Waals surface area (Å²) in [6.07, 6.45) is 1.35. The number of hydrogen-bond acceptors (Lipinski definition) is 5. The van der Waals surface area contributed by atoms with Gasteiger partial charge in [-0.2, -0.15) is 0 Å². The lowest BCUT2D eigenvalue weighted by Gasteiger charge is -2.27. The zero-order valence-corrected chi connectivity index (χ0v) is 23.2. The van der Waals surface area contributed by atoms with Gasteiger partial charge in [-0.3, -0.25) is 14.9 Å². The van der Waals surface area contributed by atoms with Gasteiger partial charge in [0.25, 0.3) is 11.8 Å². The zero-order chi connectivity index (χ0) is 28.4. The van der Waals surface area contributed by atoms with Crippen LogP contribution in [0.1, 0.15) is 23.6 Å². The second kappa shape index (κ2) is 11.4. The third kappa shape index (κ3) is 5.26. The number of carbonyl (C=O) groups is 3. The van der Waals surface area contributed by atoms with Crippen molar-refractivity contribution < 1.29 is 23.9 Å². The molecule has 4 aromatic rings. The molecule has 202 valence electrons. The van der Waals surface area contributed by atoms with Gasteiger partial charge in [0.1, 0.15) is 12.2 Å². The first-order valence-electron chi connectivity index (χ1n) is 12.5. The van der Waals surface area contributed by atoms with Crippen molar-refractivity contribution in [3.63, 3.8) is 0 Å². The Morgan fingerprint density at radius 2 is 1.65 bits per heavy atom. The molecule has 40 heavy (non-hydrogen) atoms. The van der Waals surface area contributed by atoms with E-state index in [0.717, 1.165) is 26.8 Å². The van der Waals surface area contributed by atoms with Gasteiger partial charge >= 0.3 is 6.03 Å². The van der Waals surface area contributed by atoms with Gasteiger partial charge < -0.3 is 9.47 Å². The maximum atomic E-state index is 13.3. The number of nitrogens with zero attached hydrogens (tertiary/aromatic N) is 1. The number of urea groups is 1. The van der Waals surface area contributed by atoms with Crippen LogP contribution in [-0.2, 0) is 16.2 Å². The fourth-order valence-corrected chi connectivity index (χ4v) is 5.03. The highest BCUT2D eigenvalue weighted by Crippen LogP contribution is 2.39. The molecule has 1 N–H and O–H groups in total. The van der Waals surface area contributed by atoms with E-state index < -0.39 is 17.8 Å². The number of nitrogens with one attached hydrogen (secondary N) is 1. The number of fused-ring (bicyclic) bond motifs is 1. The molecule has 7 nitrogen and oxygen atoms in total. The second-order valence-electron chi connectivity index (χ2n) is 9.04. The van der Waals surface area contributed by atoms with E-state index in [1.54, 1.807) is 30.3 Å². The third-order valence-corrected chi connectivity index (χ3v) is 7.07. The van der Waals surface area contributed by atoms with E-state index in [0.29, 0.717) is 23.7 Å². The molecule has 9 heteroatoms. The number of para-hydroxylation sites is 1. The van der Waals surface area contributed by atoms with E-state index in [2.05, 4.69) is 11.4 Å². The van der Waals surface area contributed by atoms with Gasteiger partial charge in [0.2, 0.25) is 0 Å². The normalized spacial score (nSPS) is 14.6. The molecule has 0 atom stereocenters. The molecule has 0 saturated carbocycles. The molecule has 0 unspecified atom stereocenters. The average molecular weight is 575 g/mol. The summed E-state index contributed by atoms with van der Waals surface area (Å²) >= 11 is 12.9. The highest BCUT2D eigenvalue weighted by atomic mass is 35.5. The van der Waals surface area contributed by atoms with Crippen LogP contribution >= 0.6 is 23.2 Å². The number of hydrogen-bond donors (Lipinski definition) is 1. The number of anilines is 1. The molecule has 4 aromatic carbocycles. The van der Waals surface area contributed by atoms with Crippen LogP contribution < -0.4 is 19.7 Å². The van der Waals surface area contributed by atoms with Crippen LogP contribution in [0.5, 0.6) is 11.5 Å². The van der Waals surface area contributed by atoms with Gasteiger partial charge in [0.15, 0.2) is 11.5 Å². The summed E-state index contributed by atoms with van der Waals surface area (Å²) in [5.74, 6) is -0.963. The number of rotatable bonds is 7.